The number of nitrogens with one attached hydrogen (secondary N) is 1. The molecule has 1 aliphatic rings. The van der Waals surface area contributed by atoms with Crippen LogP contribution in [0.15, 0.2) is 18.2 Å². The summed E-state index contributed by atoms with van der Waals surface area (Å²) in [7, 11) is 2.20. The van der Waals surface area contributed by atoms with Crippen molar-refractivity contribution in [2.75, 3.05) is 18.6 Å². The van der Waals surface area contributed by atoms with Crippen LogP contribution < -0.4 is 10.2 Å². The van der Waals surface area contributed by atoms with Crippen LogP contribution >= 0.6 is 0 Å². The largest absolute Gasteiger partial charge is 0.376 e. The van der Waals surface area contributed by atoms with Gasteiger partial charge >= 0.3 is 0 Å². The first kappa shape index (κ1) is 16.3. The highest BCUT2D eigenvalue weighted by Crippen LogP contribution is 2.28. The third kappa shape index (κ3) is 4.21. The van der Waals surface area contributed by atoms with Gasteiger partial charge in [0.05, 0.1) is 12.1 Å². The summed E-state index contributed by atoms with van der Waals surface area (Å²) in [5.41, 5.74) is 4.13. The van der Waals surface area contributed by atoms with Crippen molar-refractivity contribution in [3.8, 4) is 0 Å². The molecule has 0 spiro atoms. The molecule has 0 amide bonds. The van der Waals surface area contributed by atoms with Gasteiger partial charge in [0.1, 0.15) is 0 Å². The van der Waals surface area contributed by atoms with Crippen molar-refractivity contribution in [2.24, 2.45) is 0 Å². The van der Waals surface area contributed by atoms with Gasteiger partial charge in [0.25, 0.3) is 0 Å². The normalized spacial score (nSPS) is 22.6. The second-order valence-corrected chi connectivity index (χ2v) is 7.28. The van der Waals surface area contributed by atoms with Crippen molar-refractivity contribution in [3.05, 3.63) is 29.3 Å². The van der Waals surface area contributed by atoms with E-state index in [9.17, 15) is 0 Å². The molecule has 0 radical (unpaired) electrons. The first-order chi connectivity index (χ1) is 9.78. The van der Waals surface area contributed by atoms with Crippen LogP contribution in [0.2, 0.25) is 0 Å². The number of anilines is 1. The van der Waals surface area contributed by atoms with E-state index in [0.29, 0.717) is 12.1 Å². The zero-order valence-electron chi connectivity index (χ0n) is 14.4. The molecule has 1 aromatic rings. The molecule has 0 saturated carbocycles. The molecule has 0 aromatic heterocycles. The molecule has 2 unspecified atom stereocenters. The minimum Gasteiger partial charge on any atom is -0.376 e. The molecule has 0 bridgehead atoms. The zero-order valence-corrected chi connectivity index (χ0v) is 14.4. The van der Waals surface area contributed by atoms with Gasteiger partial charge in [0, 0.05) is 31.4 Å². The first-order valence-electron chi connectivity index (χ1n) is 7.97. The van der Waals surface area contributed by atoms with Crippen LogP contribution in [-0.4, -0.2) is 31.3 Å². The Bertz CT molecular complexity index is 479. The highest BCUT2D eigenvalue weighted by molar-refractivity contribution is 5.55. The summed E-state index contributed by atoms with van der Waals surface area (Å²) in [6.07, 6.45) is 1.41. The van der Waals surface area contributed by atoms with Gasteiger partial charge in [-0.1, -0.05) is 17.7 Å². The van der Waals surface area contributed by atoms with Crippen molar-refractivity contribution in [1.82, 2.24) is 5.32 Å². The fourth-order valence-electron chi connectivity index (χ4n) is 2.97. The third-order valence-electron chi connectivity index (χ3n) is 4.26. The van der Waals surface area contributed by atoms with Gasteiger partial charge in [-0.05, 0) is 52.7 Å². The van der Waals surface area contributed by atoms with Gasteiger partial charge in [0.2, 0.25) is 0 Å². The van der Waals surface area contributed by atoms with Crippen LogP contribution in [0.3, 0.4) is 0 Å². The van der Waals surface area contributed by atoms with Gasteiger partial charge in [-0.3, -0.25) is 0 Å². The second kappa shape index (κ2) is 6.37. The fourth-order valence-corrected chi connectivity index (χ4v) is 2.97. The SMILES string of the molecule is Cc1ccc(N(C)C2CCOC2C)c(CNC(C)(C)C)c1. The third-order valence-corrected chi connectivity index (χ3v) is 4.26. The summed E-state index contributed by atoms with van der Waals surface area (Å²) in [5, 5.41) is 3.60. The molecule has 1 aromatic carbocycles. The monoisotopic (exact) mass is 290 g/mol. The van der Waals surface area contributed by atoms with E-state index in [-0.39, 0.29) is 5.54 Å². The van der Waals surface area contributed by atoms with Gasteiger partial charge in [-0.15, -0.1) is 0 Å². The average Bonchev–Trinajstić information content (AvgIpc) is 2.81. The number of benzene rings is 1. The molecule has 1 aliphatic heterocycles. The van der Waals surface area contributed by atoms with Gasteiger partial charge in [0.15, 0.2) is 0 Å². The van der Waals surface area contributed by atoms with E-state index >= 15 is 0 Å². The summed E-state index contributed by atoms with van der Waals surface area (Å²) in [4.78, 5) is 2.40. The summed E-state index contributed by atoms with van der Waals surface area (Å²) >= 11 is 0. The summed E-state index contributed by atoms with van der Waals surface area (Å²) in [6.45, 7) is 12.7. The topological polar surface area (TPSA) is 24.5 Å². The van der Waals surface area contributed by atoms with Gasteiger partial charge in [-0.2, -0.15) is 0 Å². The van der Waals surface area contributed by atoms with Gasteiger partial charge in [-0.25, -0.2) is 0 Å². The van der Waals surface area contributed by atoms with E-state index < -0.39 is 0 Å². The highest BCUT2D eigenvalue weighted by atomic mass is 16.5. The number of hydrogen-bond acceptors (Lipinski definition) is 3. The van der Waals surface area contributed by atoms with E-state index in [4.69, 9.17) is 4.74 Å². The first-order valence-corrected chi connectivity index (χ1v) is 7.97. The lowest BCUT2D eigenvalue weighted by Crippen LogP contribution is -2.39. The molecule has 0 aliphatic carbocycles. The smallest absolute Gasteiger partial charge is 0.0750 e. The van der Waals surface area contributed by atoms with Crippen LogP contribution in [0.5, 0.6) is 0 Å². The molecular weight excluding hydrogens is 260 g/mol. The van der Waals surface area contributed by atoms with Crippen molar-refractivity contribution in [2.45, 2.75) is 65.3 Å². The van der Waals surface area contributed by atoms with Crippen LogP contribution in [0.4, 0.5) is 5.69 Å². The number of ether oxygens (including phenoxy) is 1. The minimum atomic E-state index is 0.128. The lowest BCUT2D eigenvalue weighted by Gasteiger charge is -2.31. The Morgan fingerprint density at radius 2 is 2.05 bits per heavy atom. The quantitative estimate of drug-likeness (QED) is 0.918. The minimum absolute atomic E-state index is 0.128. The Balaban J connectivity index is 2.21. The molecule has 2 atom stereocenters. The Hall–Kier alpha value is -1.06. The molecule has 3 heteroatoms. The molecule has 21 heavy (non-hydrogen) atoms. The maximum atomic E-state index is 5.73. The van der Waals surface area contributed by atoms with Crippen molar-refractivity contribution < 1.29 is 4.74 Å². The number of aryl methyl sites for hydroxylation is 1. The van der Waals surface area contributed by atoms with E-state index in [2.05, 4.69) is 70.1 Å². The van der Waals surface area contributed by atoms with Crippen molar-refractivity contribution >= 4 is 5.69 Å². The fraction of sp³-hybridized carbons (Fsp3) is 0.667. The van der Waals surface area contributed by atoms with Crippen LogP contribution in [0, 0.1) is 6.92 Å². The molecule has 1 saturated heterocycles. The highest BCUT2D eigenvalue weighted by Gasteiger charge is 2.29. The average molecular weight is 290 g/mol. The number of rotatable bonds is 4. The number of nitrogens with zero attached hydrogens (tertiary/aromatic N) is 1. The van der Waals surface area contributed by atoms with Crippen molar-refractivity contribution in [1.29, 1.82) is 0 Å². The molecule has 1 heterocycles. The van der Waals surface area contributed by atoms with Gasteiger partial charge < -0.3 is 15.0 Å². The molecule has 1 fully saturated rings. The predicted octanol–water partition coefficient (Wildman–Crippen LogP) is 3.50. The second-order valence-electron chi connectivity index (χ2n) is 7.28. The molecule has 3 nitrogen and oxygen atoms in total. The van der Waals surface area contributed by atoms with Crippen molar-refractivity contribution in [3.63, 3.8) is 0 Å². The standard InChI is InChI=1S/C18H30N2O/c1-13-7-8-17(15(11-13)12-19-18(3,4)5)20(6)16-9-10-21-14(16)2/h7-8,11,14,16,19H,9-10,12H2,1-6H3. The number of hydrogen-bond donors (Lipinski definition) is 1. The Morgan fingerprint density at radius 1 is 1.33 bits per heavy atom. The molecular formula is C18H30N2O. The molecule has 118 valence electrons. The Labute approximate surface area is 129 Å². The Morgan fingerprint density at radius 3 is 2.62 bits per heavy atom. The summed E-state index contributed by atoms with van der Waals surface area (Å²) < 4.78 is 5.73. The van der Waals surface area contributed by atoms with E-state index in [1.807, 2.05) is 0 Å². The lowest BCUT2D eigenvalue weighted by atomic mass is 10.0. The number of likely N-dealkylation sites (N-methyl/N-ethyl adjacent to an activating group) is 1. The molecule has 1 N–H and O–H groups in total. The zero-order chi connectivity index (χ0) is 15.6. The Kier molecular flexibility index (Phi) is 4.95. The molecule has 2 rings (SSSR count). The van der Waals surface area contributed by atoms with Crippen LogP contribution in [0.1, 0.15) is 45.2 Å². The van der Waals surface area contributed by atoms with Crippen LogP contribution in [0.25, 0.3) is 0 Å². The van der Waals surface area contributed by atoms with E-state index in [1.165, 1.54) is 16.8 Å². The van der Waals surface area contributed by atoms with E-state index in [1.54, 1.807) is 0 Å². The van der Waals surface area contributed by atoms with E-state index in [0.717, 1.165) is 19.6 Å². The lowest BCUT2D eigenvalue weighted by molar-refractivity contribution is 0.118. The summed E-state index contributed by atoms with van der Waals surface area (Å²) in [6, 6.07) is 7.22. The maximum Gasteiger partial charge on any atom is 0.0750 e. The predicted molar refractivity (Wildman–Crippen MR) is 90.0 cm³/mol. The van der Waals surface area contributed by atoms with Crippen LogP contribution in [-0.2, 0) is 11.3 Å². The summed E-state index contributed by atoms with van der Waals surface area (Å²) in [5.74, 6) is 0. The maximum absolute atomic E-state index is 5.73.